The number of carbonyl (C=O) groups excluding carboxylic acids is 1. The van der Waals surface area contributed by atoms with E-state index in [0.29, 0.717) is 19.7 Å². The van der Waals surface area contributed by atoms with Gasteiger partial charge >= 0.3 is 6.18 Å². The number of carbonyl (C=O) groups is 1. The van der Waals surface area contributed by atoms with Crippen molar-refractivity contribution >= 4 is 5.91 Å². The Balaban J connectivity index is 2.58. The van der Waals surface area contributed by atoms with Crippen molar-refractivity contribution in [2.75, 3.05) is 39.3 Å². The molecule has 0 aromatic rings. The van der Waals surface area contributed by atoms with Gasteiger partial charge in [-0.2, -0.15) is 13.2 Å². The molecule has 1 amide bonds. The van der Waals surface area contributed by atoms with Gasteiger partial charge in [0.1, 0.15) is 6.04 Å². The number of ether oxygens (including phenoxy) is 1. The molecule has 1 aliphatic rings. The van der Waals surface area contributed by atoms with E-state index in [0.717, 1.165) is 57.8 Å². The van der Waals surface area contributed by atoms with Crippen molar-refractivity contribution in [3.63, 3.8) is 0 Å². The molecule has 2 atom stereocenters. The summed E-state index contributed by atoms with van der Waals surface area (Å²) in [5.74, 6) is -0.257. The minimum absolute atomic E-state index is 0.0585. The smallest absolute Gasteiger partial charge is 0.378 e. The lowest BCUT2D eigenvalue weighted by Crippen LogP contribution is -2.61. The predicted molar refractivity (Wildman–Crippen MR) is 193 cm³/mol. The molecule has 47 heavy (non-hydrogen) atoms. The Bertz CT molecular complexity index is 710. The molecule has 1 fully saturated rings. The van der Waals surface area contributed by atoms with Gasteiger partial charge in [-0.1, -0.05) is 150 Å². The molecule has 0 bridgehead atoms. The highest BCUT2D eigenvalue weighted by Gasteiger charge is 2.46. The zero-order valence-electron chi connectivity index (χ0n) is 31.3. The summed E-state index contributed by atoms with van der Waals surface area (Å²) in [6.45, 7) is 10.6. The van der Waals surface area contributed by atoms with Crippen LogP contribution in [0.15, 0.2) is 0 Å². The summed E-state index contributed by atoms with van der Waals surface area (Å²) >= 11 is 0. The average Bonchev–Trinajstić information content (AvgIpc) is 3.04. The predicted octanol–water partition coefficient (Wildman–Crippen LogP) is 10.8. The third-order valence-electron chi connectivity index (χ3n) is 9.96. The summed E-state index contributed by atoms with van der Waals surface area (Å²) in [5, 5.41) is 3.15. The van der Waals surface area contributed by atoms with Crippen LogP contribution >= 0.6 is 0 Å². The standard InChI is InChI=1S/C39H76F3N3O2/c1-5-9-13-17-20-25-35(26-21-18-14-10-6-2)43-38(46)34-45-31-30-44(33-37(45)39(40,41)42)29-24-32-47-36(27-22-16-12-8-4)28-23-19-15-11-7-3/h35-37H,5-34H2,1-4H3,(H,43,46)/t36?,37-/m1/s1. The van der Waals surface area contributed by atoms with E-state index in [1.54, 1.807) is 0 Å². The van der Waals surface area contributed by atoms with Crippen LogP contribution in [0.25, 0.3) is 0 Å². The van der Waals surface area contributed by atoms with E-state index >= 15 is 0 Å². The fraction of sp³-hybridized carbons (Fsp3) is 0.974. The maximum atomic E-state index is 14.3. The van der Waals surface area contributed by atoms with Crippen LogP contribution in [-0.2, 0) is 9.53 Å². The van der Waals surface area contributed by atoms with E-state index in [1.165, 1.54) is 101 Å². The number of unbranched alkanes of at least 4 members (excludes halogenated alkanes) is 15. The van der Waals surface area contributed by atoms with E-state index in [2.05, 4.69) is 33.0 Å². The summed E-state index contributed by atoms with van der Waals surface area (Å²) in [7, 11) is 0. The Morgan fingerprint density at radius 2 is 1.15 bits per heavy atom. The van der Waals surface area contributed by atoms with Gasteiger partial charge in [0.25, 0.3) is 0 Å². The van der Waals surface area contributed by atoms with Crippen molar-refractivity contribution in [1.82, 2.24) is 15.1 Å². The quantitative estimate of drug-likeness (QED) is 0.0743. The average molecular weight is 676 g/mol. The minimum atomic E-state index is -4.37. The topological polar surface area (TPSA) is 44.8 Å². The molecule has 0 aliphatic carbocycles. The maximum Gasteiger partial charge on any atom is 0.405 e. The number of halogens is 3. The van der Waals surface area contributed by atoms with Crippen LogP contribution in [0, 0.1) is 0 Å². The van der Waals surface area contributed by atoms with Gasteiger partial charge in [-0.25, -0.2) is 0 Å². The molecule has 1 unspecified atom stereocenters. The summed E-state index contributed by atoms with van der Waals surface area (Å²) in [4.78, 5) is 16.4. The first kappa shape index (κ1) is 44.2. The van der Waals surface area contributed by atoms with Gasteiger partial charge in [-0.05, 0) is 32.1 Å². The highest BCUT2D eigenvalue weighted by molar-refractivity contribution is 5.78. The Hall–Kier alpha value is -0.860. The molecule has 1 rings (SSSR count). The summed E-state index contributed by atoms with van der Waals surface area (Å²) in [6.07, 6.45) is 23.5. The molecule has 1 aliphatic heterocycles. The minimum Gasteiger partial charge on any atom is -0.378 e. The summed E-state index contributed by atoms with van der Waals surface area (Å²) < 4.78 is 49.1. The molecule has 0 spiro atoms. The molecule has 0 aromatic heterocycles. The van der Waals surface area contributed by atoms with E-state index in [9.17, 15) is 18.0 Å². The van der Waals surface area contributed by atoms with Crippen molar-refractivity contribution in [2.24, 2.45) is 0 Å². The highest BCUT2D eigenvalue weighted by Crippen LogP contribution is 2.28. The Morgan fingerprint density at radius 1 is 0.681 bits per heavy atom. The van der Waals surface area contributed by atoms with Crippen LogP contribution in [0.3, 0.4) is 0 Å². The largest absolute Gasteiger partial charge is 0.405 e. The number of nitrogens with zero attached hydrogens (tertiary/aromatic N) is 2. The Kier molecular flexibility index (Phi) is 27.2. The van der Waals surface area contributed by atoms with E-state index < -0.39 is 12.2 Å². The maximum absolute atomic E-state index is 14.3. The summed E-state index contributed by atoms with van der Waals surface area (Å²) in [6, 6.07) is -1.55. The Labute approximate surface area is 288 Å². The first-order chi connectivity index (χ1) is 22.7. The second-order valence-corrected chi connectivity index (χ2v) is 14.4. The fourth-order valence-electron chi connectivity index (χ4n) is 6.94. The van der Waals surface area contributed by atoms with Gasteiger partial charge in [0, 0.05) is 38.8 Å². The molecule has 8 heteroatoms. The monoisotopic (exact) mass is 676 g/mol. The summed E-state index contributed by atoms with van der Waals surface area (Å²) in [5.41, 5.74) is 0. The lowest BCUT2D eigenvalue weighted by atomic mass is 10.0. The molecule has 0 saturated carbocycles. The van der Waals surface area contributed by atoms with Crippen LogP contribution in [0.5, 0.6) is 0 Å². The molecule has 280 valence electrons. The number of amides is 1. The van der Waals surface area contributed by atoms with Gasteiger partial charge in [-0.15, -0.1) is 0 Å². The zero-order valence-corrected chi connectivity index (χ0v) is 31.3. The molecular weight excluding hydrogens is 599 g/mol. The van der Waals surface area contributed by atoms with E-state index in [4.69, 9.17) is 4.74 Å². The van der Waals surface area contributed by atoms with E-state index in [-0.39, 0.29) is 37.7 Å². The fourth-order valence-corrected chi connectivity index (χ4v) is 6.94. The van der Waals surface area contributed by atoms with E-state index in [1.807, 2.05) is 4.90 Å². The first-order valence-corrected chi connectivity index (χ1v) is 20.2. The first-order valence-electron chi connectivity index (χ1n) is 20.2. The lowest BCUT2D eigenvalue weighted by Gasteiger charge is -2.42. The SMILES string of the molecule is CCCCCCCC(CCCCCCC)NC(=O)CN1CCN(CCCOC(CCCCCC)CCCCCCC)C[C@@H]1C(F)(F)F. The lowest BCUT2D eigenvalue weighted by molar-refractivity contribution is -0.197. The molecule has 1 N–H and O–H groups in total. The second kappa shape index (κ2) is 28.9. The number of nitrogens with one attached hydrogen (secondary N) is 1. The number of alkyl halides is 3. The molecule has 0 aromatic carbocycles. The second-order valence-electron chi connectivity index (χ2n) is 14.4. The number of hydrogen-bond acceptors (Lipinski definition) is 4. The van der Waals surface area contributed by atoms with Gasteiger partial charge in [0.05, 0.1) is 12.6 Å². The number of rotatable bonds is 31. The van der Waals surface area contributed by atoms with Crippen LogP contribution in [0.4, 0.5) is 13.2 Å². The molecule has 1 saturated heterocycles. The van der Waals surface area contributed by atoms with Gasteiger partial charge in [0.15, 0.2) is 0 Å². The van der Waals surface area contributed by atoms with Gasteiger partial charge in [0.2, 0.25) is 5.91 Å². The van der Waals surface area contributed by atoms with Crippen molar-refractivity contribution in [3.05, 3.63) is 0 Å². The zero-order chi connectivity index (χ0) is 34.6. The highest BCUT2D eigenvalue weighted by atomic mass is 19.4. The van der Waals surface area contributed by atoms with Crippen molar-refractivity contribution < 1.29 is 22.7 Å². The van der Waals surface area contributed by atoms with Gasteiger partial charge < -0.3 is 15.0 Å². The molecule has 5 nitrogen and oxygen atoms in total. The van der Waals surface area contributed by atoms with Crippen molar-refractivity contribution in [2.45, 2.75) is 206 Å². The van der Waals surface area contributed by atoms with Crippen LogP contribution in [-0.4, -0.2) is 79.4 Å². The Morgan fingerprint density at radius 3 is 1.64 bits per heavy atom. The third-order valence-corrected chi connectivity index (χ3v) is 9.96. The van der Waals surface area contributed by atoms with Crippen LogP contribution in [0.2, 0.25) is 0 Å². The van der Waals surface area contributed by atoms with Crippen LogP contribution < -0.4 is 5.32 Å². The van der Waals surface area contributed by atoms with Crippen LogP contribution in [0.1, 0.15) is 182 Å². The molecule has 0 radical (unpaired) electrons. The van der Waals surface area contributed by atoms with Crippen molar-refractivity contribution in [3.8, 4) is 0 Å². The number of hydrogen-bond donors (Lipinski definition) is 1. The van der Waals surface area contributed by atoms with Gasteiger partial charge in [-0.3, -0.25) is 9.69 Å². The van der Waals surface area contributed by atoms with Crippen molar-refractivity contribution in [1.29, 1.82) is 0 Å². The molecular formula is C39H76F3N3O2. The normalized spacial score (nSPS) is 17.1. The third kappa shape index (κ3) is 23.2. The number of piperazine rings is 1. The molecule has 1 heterocycles.